The van der Waals surface area contributed by atoms with Gasteiger partial charge in [0.05, 0.1) is 26.2 Å². The summed E-state index contributed by atoms with van der Waals surface area (Å²) in [7, 11) is 0. The molecule has 1 N–H and O–H groups in total. The lowest BCUT2D eigenvalue weighted by Gasteiger charge is -2.40. The summed E-state index contributed by atoms with van der Waals surface area (Å²) >= 11 is 0. The molecular formula is C34H74NO+. The molecule has 0 saturated heterocycles. The van der Waals surface area contributed by atoms with Crippen molar-refractivity contribution in [2.75, 3.05) is 32.8 Å². The SMILES string of the molecule is CCCCCCCC[N+](CCCCCCCC)(CCCCCCCC)CCCCCCCC.CCO. The van der Waals surface area contributed by atoms with Crippen molar-refractivity contribution in [1.82, 2.24) is 0 Å². The lowest BCUT2D eigenvalue weighted by molar-refractivity contribution is -0.929. The highest BCUT2D eigenvalue weighted by molar-refractivity contribution is 4.55. The van der Waals surface area contributed by atoms with E-state index in [0.717, 1.165) is 0 Å². The number of hydrogen-bond acceptors (Lipinski definition) is 1. The maximum absolute atomic E-state index is 7.57. The fourth-order valence-electron chi connectivity index (χ4n) is 5.58. The van der Waals surface area contributed by atoms with E-state index >= 15 is 0 Å². The van der Waals surface area contributed by atoms with Crippen LogP contribution in [0.2, 0.25) is 0 Å². The van der Waals surface area contributed by atoms with Gasteiger partial charge in [-0.1, -0.05) is 130 Å². The number of nitrogens with zero attached hydrogens (tertiary/aromatic N) is 1. The van der Waals surface area contributed by atoms with Gasteiger partial charge in [0, 0.05) is 6.61 Å². The Morgan fingerprint density at radius 1 is 0.306 bits per heavy atom. The topological polar surface area (TPSA) is 20.2 Å². The quantitative estimate of drug-likeness (QED) is 0.0816. The summed E-state index contributed by atoms with van der Waals surface area (Å²) in [6, 6.07) is 0. The second kappa shape index (κ2) is 32.9. The Morgan fingerprint density at radius 3 is 0.667 bits per heavy atom. The monoisotopic (exact) mass is 513 g/mol. The summed E-state index contributed by atoms with van der Waals surface area (Å²) in [6.45, 7) is 17.2. The van der Waals surface area contributed by atoms with Gasteiger partial charge in [-0.2, -0.15) is 0 Å². The van der Waals surface area contributed by atoms with Gasteiger partial charge in [-0.25, -0.2) is 0 Å². The van der Waals surface area contributed by atoms with Crippen LogP contribution in [0.25, 0.3) is 0 Å². The average Bonchev–Trinajstić information content (AvgIpc) is 2.88. The van der Waals surface area contributed by atoms with E-state index in [1.54, 1.807) is 6.92 Å². The van der Waals surface area contributed by atoms with Crippen molar-refractivity contribution < 1.29 is 9.59 Å². The number of aliphatic hydroxyl groups excluding tert-OH is 1. The van der Waals surface area contributed by atoms with Crippen LogP contribution in [0.3, 0.4) is 0 Å². The molecule has 0 aromatic carbocycles. The molecule has 0 aromatic rings. The van der Waals surface area contributed by atoms with Gasteiger partial charge in [-0.05, 0) is 58.3 Å². The highest BCUT2D eigenvalue weighted by atomic mass is 16.2. The molecule has 0 unspecified atom stereocenters. The molecule has 0 aliphatic rings. The Morgan fingerprint density at radius 2 is 0.472 bits per heavy atom. The van der Waals surface area contributed by atoms with Gasteiger partial charge in [0.2, 0.25) is 0 Å². The molecule has 0 fully saturated rings. The van der Waals surface area contributed by atoms with Crippen molar-refractivity contribution in [2.45, 2.75) is 189 Å². The van der Waals surface area contributed by atoms with Gasteiger partial charge in [0.15, 0.2) is 0 Å². The van der Waals surface area contributed by atoms with E-state index in [1.165, 1.54) is 185 Å². The highest BCUT2D eigenvalue weighted by Crippen LogP contribution is 2.20. The zero-order chi connectivity index (χ0) is 27.0. The molecule has 0 saturated carbocycles. The Hall–Kier alpha value is -0.0800. The summed E-state index contributed by atoms with van der Waals surface area (Å²) in [5.41, 5.74) is 0. The van der Waals surface area contributed by atoms with E-state index in [0.29, 0.717) is 0 Å². The Kier molecular flexibility index (Phi) is 34.8. The van der Waals surface area contributed by atoms with Crippen LogP contribution in [0.5, 0.6) is 0 Å². The molecule has 0 amide bonds. The van der Waals surface area contributed by atoms with Crippen LogP contribution < -0.4 is 0 Å². The first-order valence-electron chi connectivity index (χ1n) is 17.1. The van der Waals surface area contributed by atoms with E-state index in [4.69, 9.17) is 5.11 Å². The lowest BCUT2D eigenvalue weighted by Crippen LogP contribution is -2.50. The van der Waals surface area contributed by atoms with Gasteiger partial charge < -0.3 is 9.59 Å². The van der Waals surface area contributed by atoms with E-state index < -0.39 is 0 Å². The summed E-state index contributed by atoms with van der Waals surface area (Å²) < 4.78 is 1.48. The summed E-state index contributed by atoms with van der Waals surface area (Å²) in [5, 5.41) is 7.57. The van der Waals surface area contributed by atoms with E-state index in [1.807, 2.05) is 0 Å². The minimum absolute atomic E-state index is 0.250. The first-order valence-corrected chi connectivity index (χ1v) is 17.1. The van der Waals surface area contributed by atoms with Crippen molar-refractivity contribution in [2.24, 2.45) is 0 Å². The van der Waals surface area contributed by atoms with Crippen molar-refractivity contribution in [3.8, 4) is 0 Å². The van der Waals surface area contributed by atoms with Crippen LogP contribution >= 0.6 is 0 Å². The van der Waals surface area contributed by atoms with Crippen LogP contribution in [-0.4, -0.2) is 42.4 Å². The molecule has 0 aliphatic carbocycles. The molecule has 0 rings (SSSR count). The second-order valence-corrected chi connectivity index (χ2v) is 11.6. The van der Waals surface area contributed by atoms with Gasteiger partial charge in [0.1, 0.15) is 0 Å². The first kappa shape index (κ1) is 38.1. The number of quaternary nitrogens is 1. The zero-order valence-electron chi connectivity index (χ0n) is 26.4. The maximum Gasteiger partial charge on any atom is 0.0786 e. The summed E-state index contributed by atoms with van der Waals surface area (Å²) in [6.07, 6.45) is 34.8. The van der Waals surface area contributed by atoms with E-state index in [-0.39, 0.29) is 6.61 Å². The smallest absolute Gasteiger partial charge is 0.0786 e. The minimum Gasteiger partial charge on any atom is -0.397 e. The molecule has 2 heteroatoms. The van der Waals surface area contributed by atoms with Gasteiger partial charge in [0.25, 0.3) is 0 Å². The standard InChI is InChI=1S/C32H68N.C2H6O/c1-5-9-13-17-21-25-29-33(30-26-22-18-14-10-6-2,31-27-23-19-15-11-7-3)32-28-24-20-16-12-8-4;1-2-3/h5-32H2,1-4H3;3H,2H2,1H3/q+1;. The molecule has 0 aliphatic heterocycles. The molecule has 0 aromatic heterocycles. The minimum atomic E-state index is 0.250. The van der Waals surface area contributed by atoms with Gasteiger partial charge in [-0.15, -0.1) is 0 Å². The number of rotatable bonds is 28. The van der Waals surface area contributed by atoms with Crippen molar-refractivity contribution in [1.29, 1.82) is 0 Å². The molecule has 0 spiro atoms. The molecule has 0 atom stereocenters. The van der Waals surface area contributed by atoms with Crippen LogP contribution in [0.15, 0.2) is 0 Å². The number of aliphatic hydroxyl groups is 1. The largest absolute Gasteiger partial charge is 0.397 e. The van der Waals surface area contributed by atoms with Crippen molar-refractivity contribution >= 4 is 0 Å². The van der Waals surface area contributed by atoms with E-state index in [9.17, 15) is 0 Å². The molecular weight excluding hydrogens is 438 g/mol. The molecule has 0 bridgehead atoms. The van der Waals surface area contributed by atoms with Crippen LogP contribution in [0.4, 0.5) is 0 Å². The third-order valence-electron chi connectivity index (χ3n) is 7.94. The predicted octanol–water partition coefficient (Wildman–Crippen LogP) is 11.2. The normalized spacial score (nSPS) is 11.5. The molecule has 0 radical (unpaired) electrons. The summed E-state index contributed by atoms with van der Waals surface area (Å²) in [5.74, 6) is 0. The van der Waals surface area contributed by atoms with Crippen molar-refractivity contribution in [3.05, 3.63) is 0 Å². The Bertz CT molecular complexity index is 301. The predicted molar refractivity (Wildman–Crippen MR) is 166 cm³/mol. The fraction of sp³-hybridized carbons (Fsp3) is 1.00. The van der Waals surface area contributed by atoms with Gasteiger partial charge >= 0.3 is 0 Å². The average molecular weight is 513 g/mol. The lowest BCUT2D eigenvalue weighted by atomic mass is 10.0. The van der Waals surface area contributed by atoms with E-state index in [2.05, 4.69) is 27.7 Å². The third-order valence-corrected chi connectivity index (χ3v) is 7.94. The molecule has 220 valence electrons. The Balaban J connectivity index is 0. The Labute approximate surface area is 231 Å². The van der Waals surface area contributed by atoms with Crippen LogP contribution in [0.1, 0.15) is 189 Å². The van der Waals surface area contributed by atoms with Crippen LogP contribution in [0, 0.1) is 0 Å². The first-order chi connectivity index (χ1) is 17.7. The zero-order valence-corrected chi connectivity index (χ0v) is 26.4. The fourth-order valence-corrected chi connectivity index (χ4v) is 5.58. The second-order valence-electron chi connectivity index (χ2n) is 11.6. The van der Waals surface area contributed by atoms with Gasteiger partial charge in [-0.3, -0.25) is 0 Å². The number of unbranched alkanes of at least 4 members (excludes halogenated alkanes) is 20. The molecule has 0 heterocycles. The molecule has 2 nitrogen and oxygen atoms in total. The van der Waals surface area contributed by atoms with Crippen LogP contribution in [-0.2, 0) is 0 Å². The highest BCUT2D eigenvalue weighted by Gasteiger charge is 2.25. The maximum atomic E-state index is 7.57. The molecule has 36 heavy (non-hydrogen) atoms. The third kappa shape index (κ3) is 28.5. The van der Waals surface area contributed by atoms with Crippen molar-refractivity contribution in [3.63, 3.8) is 0 Å². The number of hydrogen-bond donors (Lipinski definition) is 1. The summed E-state index contributed by atoms with van der Waals surface area (Å²) in [4.78, 5) is 0.